The minimum atomic E-state index is -4.45. The first-order valence-corrected chi connectivity index (χ1v) is 6.88. The molecule has 0 aromatic rings. The monoisotopic (exact) mass is 279 g/mol. The van der Waals surface area contributed by atoms with Crippen molar-refractivity contribution in [2.24, 2.45) is 11.8 Å². The fourth-order valence-electron chi connectivity index (χ4n) is 3.37. The number of hydrogen-bond donors (Lipinski definition) is 0. The van der Waals surface area contributed by atoms with Crippen molar-refractivity contribution in [3.05, 3.63) is 0 Å². The fraction of sp³-hybridized carbons (Fsp3) is 0.923. The van der Waals surface area contributed by atoms with Crippen molar-refractivity contribution in [1.82, 2.24) is 4.90 Å². The van der Waals surface area contributed by atoms with E-state index in [0.717, 1.165) is 32.1 Å². The average Bonchev–Trinajstić information content (AvgIpc) is 2.36. The minimum absolute atomic E-state index is 0.0678. The Labute approximate surface area is 111 Å². The van der Waals surface area contributed by atoms with Crippen molar-refractivity contribution in [3.63, 3.8) is 0 Å². The Morgan fingerprint density at radius 1 is 1.26 bits per heavy atom. The summed E-state index contributed by atoms with van der Waals surface area (Å²) in [4.78, 5) is 13.3. The van der Waals surface area contributed by atoms with E-state index in [4.69, 9.17) is 0 Å². The largest absolute Gasteiger partial charge is 0.440 e. The van der Waals surface area contributed by atoms with E-state index in [1.807, 2.05) is 0 Å². The van der Waals surface area contributed by atoms with Crippen molar-refractivity contribution in [1.29, 1.82) is 0 Å². The zero-order valence-electron chi connectivity index (χ0n) is 11.1. The maximum absolute atomic E-state index is 12.1. The maximum Gasteiger partial charge on any atom is 0.422 e. The van der Waals surface area contributed by atoms with Gasteiger partial charge in [0, 0.05) is 12.6 Å². The molecule has 1 saturated heterocycles. The van der Waals surface area contributed by atoms with Crippen molar-refractivity contribution >= 4 is 6.09 Å². The molecule has 0 aromatic carbocycles. The quantitative estimate of drug-likeness (QED) is 0.734. The molecular weight excluding hydrogens is 259 g/mol. The molecule has 19 heavy (non-hydrogen) atoms. The number of likely N-dealkylation sites (tertiary alicyclic amines) is 1. The molecule has 1 amide bonds. The summed E-state index contributed by atoms with van der Waals surface area (Å²) in [6.07, 6.45) is -0.271. The summed E-state index contributed by atoms with van der Waals surface area (Å²) in [6, 6.07) is 0.0678. The van der Waals surface area contributed by atoms with Gasteiger partial charge in [-0.2, -0.15) is 13.2 Å². The SMILES string of the molecule is CC1CCN(C(=O)OCC(F)(F)F)C2CCCCC12. The van der Waals surface area contributed by atoms with Crippen LogP contribution in [0.2, 0.25) is 0 Å². The molecule has 1 heterocycles. The van der Waals surface area contributed by atoms with E-state index in [1.54, 1.807) is 0 Å². The first kappa shape index (κ1) is 14.5. The predicted molar refractivity (Wildman–Crippen MR) is 63.6 cm³/mol. The third-order valence-electron chi connectivity index (χ3n) is 4.33. The van der Waals surface area contributed by atoms with Crippen LogP contribution in [0.4, 0.5) is 18.0 Å². The second-order valence-corrected chi connectivity index (χ2v) is 5.64. The summed E-state index contributed by atoms with van der Waals surface area (Å²) in [5, 5.41) is 0. The van der Waals surface area contributed by atoms with E-state index in [0.29, 0.717) is 18.4 Å². The minimum Gasteiger partial charge on any atom is -0.440 e. The summed E-state index contributed by atoms with van der Waals surface area (Å²) in [5.41, 5.74) is 0. The van der Waals surface area contributed by atoms with Crippen LogP contribution in [0.3, 0.4) is 0 Å². The number of ether oxygens (including phenoxy) is 1. The number of fused-ring (bicyclic) bond motifs is 1. The van der Waals surface area contributed by atoms with Gasteiger partial charge in [0.05, 0.1) is 0 Å². The normalized spacial score (nSPS) is 31.8. The molecule has 3 unspecified atom stereocenters. The van der Waals surface area contributed by atoms with Crippen molar-refractivity contribution in [3.8, 4) is 0 Å². The second kappa shape index (κ2) is 5.59. The molecule has 6 heteroatoms. The molecule has 0 radical (unpaired) electrons. The molecule has 3 atom stereocenters. The first-order chi connectivity index (χ1) is 8.88. The van der Waals surface area contributed by atoms with E-state index in [2.05, 4.69) is 11.7 Å². The van der Waals surface area contributed by atoms with E-state index >= 15 is 0 Å². The van der Waals surface area contributed by atoms with Crippen molar-refractivity contribution < 1.29 is 22.7 Å². The maximum atomic E-state index is 12.1. The average molecular weight is 279 g/mol. The number of carbonyl (C=O) groups excluding carboxylic acids is 1. The predicted octanol–water partition coefficient (Wildman–Crippen LogP) is 3.59. The Hall–Kier alpha value is -0.940. The third-order valence-corrected chi connectivity index (χ3v) is 4.33. The topological polar surface area (TPSA) is 29.5 Å². The van der Waals surface area contributed by atoms with Gasteiger partial charge in [-0.3, -0.25) is 0 Å². The van der Waals surface area contributed by atoms with Gasteiger partial charge >= 0.3 is 12.3 Å². The van der Waals surface area contributed by atoms with Crippen molar-refractivity contribution in [2.45, 2.75) is 51.2 Å². The van der Waals surface area contributed by atoms with Crippen LogP contribution in [0, 0.1) is 11.8 Å². The highest BCUT2D eigenvalue weighted by molar-refractivity contribution is 5.68. The molecular formula is C13H20F3NO2. The summed E-state index contributed by atoms with van der Waals surface area (Å²) in [7, 11) is 0. The van der Waals surface area contributed by atoms with E-state index in [9.17, 15) is 18.0 Å². The Balaban J connectivity index is 1.96. The highest BCUT2D eigenvalue weighted by atomic mass is 19.4. The highest BCUT2D eigenvalue weighted by Crippen LogP contribution is 2.39. The molecule has 2 aliphatic rings. The van der Waals surface area contributed by atoms with Gasteiger partial charge in [-0.1, -0.05) is 19.8 Å². The Morgan fingerprint density at radius 2 is 1.95 bits per heavy atom. The van der Waals surface area contributed by atoms with Crippen LogP contribution in [-0.4, -0.2) is 36.4 Å². The lowest BCUT2D eigenvalue weighted by molar-refractivity contribution is -0.164. The zero-order valence-corrected chi connectivity index (χ0v) is 11.1. The molecule has 0 bridgehead atoms. The molecule has 110 valence electrons. The smallest absolute Gasteiger partial charge is 0.422 e. The molecule has 0 aromatic heterocycles. The van der Waals surface area contributed by atoms with Crippen LogP contribution >= 0.6 is 0 Å². The Bertz CT molecular complexity index is 332. The molecule has 1 saturated carbocycles. The van der Waals surface area contributed by atoms with E-state index < -0.39 is 18.9 Å². The number of rotatable bonds is 1. The van der Waals surface area contributed by atoms with Gasteiger partial charge in [-0.05, 0) is 31.1 Å². The zero-order chi connectivity index (χ0) is 14.0. The van der Waals surface area contributed by atoms with Gasteiger partial charge in [0.25, 0.3) is 0 Å². The lowest BCUT2D eigenvalue weighted by Gasteiger charge is -2.46. The molecule has 1 aliphatic heterocycles. The standard InChI is InChI=1S/C13H20F3NO2/c1-9-6-7-17(11-5-3-2-4-10(9)11)12(18)19-8-13(14,15)16/h9-11H,2-8H2,1H3. The molecule has 0 spiro atoms. The Kier molecular flexibility index (Phi) is 4.26. The van der Waals surface area contributed by atoms with Gasteiger partial charge in [-0.25, -0.2) is 4.79 Å². The number of alkyl halides is 3. The molecule has 0 N–H and O–H groups in total. The number of carbonyl (C=O) groups is 1. The first-order valence-electron chi connectivity index (χ1n) is 6.88. The number of amides is 1. The summed E-state index contributed by atoms with van der Waals surface area (Å²) >= 11 is 0. The van der Waals surface area contributed by atoms with Crippen LogP contribution in [0.5, 0.6) is 0 Å². The molecule has 1 aliphatic carbocycles. The van der Waals surface area contributed by atoms with Gasteiger partial charge in [0.1, 0.15) is 0 Å². The lowest BCUT2D eigenvalue weighted by atomic mass is 9.73. The number of halogens is 3. The van der Waals surface area contributed by atoms with Gasteiger partial charge in [0.2, 0.25) is 0 Å². The lowest BCUT2D eigenvalue weighted by Crippen LogP contribution is -2.52. The second-order valence-electron chi connectivity index (χ2n) is 5.64. The van der Waals surface area contributed by atoms with Crippen LogP contribution in [0.15, 0.2) is 0 Å². The third kappa shape index (κ3) is 3.54. The fourth-order valence-corrected chi connectivity index (χ4v) is 3.37. The number of piperidine rings is 1. The molecule has 3 nitrogen and oxygen atoms in total. The summed E-state index contributed by atoms with van der Waals surface area (Å²) in [5.74, 6) is 0.956. The van der Waals surface area contributed by atoms with Crippen molar-refractivity contribution in [2.75, 3.05) is 13.2 Å². The summed E-state index contributed by atoms with van der Waals surface area (Å²) < 4.78 is 40.6. The van der Waals surface area contributed by atoms with Crippen LogP contribution in [-0.2, 0) is 4.74 Å². The van der Waals surface area contributed by atoms with Crippen LogP contribution < -0.4 is 0 Å². The van der Waals surface area contributed by atoms with E-state index in [-0.39, 0.29) is 6.04 Å². The molecule has 2 fully saturated rings. The van der Waals surface area contributed by atoms with Gasteiger partial charge in [-0.15, -0.1) is 0 Å². The van der Waals surface area contributed by atoms with Crippen LogP contribution in [0.1, 0.15) is 39.0 Å². The highest BCUT2D eigenvalue weighted by Gasteiger charge is 2.41. The number of hydrogen-bond acceptors (Lipinski definition) is 2. The summed E-state index contributed by atoms with van der Waals surface area (Å²) in [6.45, 7) is 1.19. The molecule has 2 rings (SSSR count). The Morgan fingerprint density at radius 3 is 2.63 bits per heavy atom. The van der Waals surface area contributed by atoms with E-state index in [1.165, 1.54) is 4.90 Å². The number of nitrogens with zero attached hydrogens (tertiary/aromatic N) is 1. The van der Waals surface area contributed by atoms with Gasteiger partial charge < -0.3 is 9.64 Å². The van der Waals surface area contributed by atoms with Crippen LogP contribution in [0.25, 0.3) is 0 Å². The van der Waals surface area contributed by atoms with Gasteiger partial charge in [0.15, 0.2) is 6.61 Å².